The first-order valence-electron chi connectivity index (χ1n) is 18.9. The van der Waals surface area contributed by atoms with E-state index in [-0.39, 0.29) is 0 Å². The number of rotatable bonds is 6. The lowest BCUT2D eigenvalue weighted by Crippen LogP contribution is -2.06. The normalized spacial score (nSPS) is 11.6. The Hall–Kier alpha value is -7.63. The van der Waals surface area contributed by atoms with Gasteiger partial charge in [0, 0.05) is 38.4 Å². The lowest BCUT2D eigenvalue weighted by atomic mass is 9.99. The summed E-state index contributed by atoms with van der Waals surface area (Å²) in [6.45, 7) is 0. The van der Waals surface area contributed by atoms with Crippen molar-refractivity contribution < 1.29 is 0 Å². The van der Waals surface area contributed by atoms with Gasteiger partial charge in [0.15, 0.2) is 11.6 Å². The summed E-state index contributed by atoms with van der Waals surface area (Å²) in [7, 11) is 0. The van der Waals surface area contributed by atoms with Crippen LogP contribution in [0.5, 0.6) is 0 Å². The molecular weight excluding hydrogens is 683 g/mol. The summed E-state index contributed by atoms with van der Waals surface area (Å²) in [5.74, 6) is 1.82. The highest BCUT2D eigenvalue weighted by molar-refractivity contribution is 6.26. The van der Waals surface area contributed by atoms with Gasteiger partial charge in [0.2, 0.25) is 5.95 Å². The zero-order valence-electron chi connectivity index (χ0n) is 30.3. The number of benzene rings is 8. The van der Waals surface area contributed by atoms with Crippen LogP contribution < -0.4 is 0 Å². The van der Waals surface area contributed by atoms with Crippen molar-refractivity contribution in [3.8, 4) is 56.7 Å². The maximum absolute atomic E-state index is 5.28. The lowest BCUT2D eigenvalue weighted by molar-refractivity contribution is 0.955. The topological polar surface area (TPSA) is 48.5 Å². The Balaban J connectivity index is 1.23. The smallest absolute Gasteiger partial charge is 0.238 e. The fraction of sp³-hybridized carbons (Fsp3) is 0. The quantitative estimate of drug-likeness (QED) is 0.172. The molecule has 0 saturated heterocycles. The average Bonchev–Trinajstić information content (AvgIpc) is 3.80. The number of fused-ring (bicyclic) bond motifs is 7. The zero-order valence-corrected chi connectivity index (χ0v) is 30.3. The molecule has 3 heterocycles. The number of aromatic nitrogens is 5. The fourth-order valence-corrected chi connectivity index (χ4v) is 8.18. The number of hydrogen-bond donors (Lipinski definition) is 0. The Morgan fingerprint density at radius 2 is 0.786 bits per heavy atom. The number of hydrogen-bond acceptors (Lipinski definition) is 3. The third-order valence-electron chi connectivity index (χ3n) is 10.8. The van der Waals surface area contributed by atoms with Crippen molar-refractivity contribution in [2.75, 3.05) is 0 Å². The molecule has 0 radical (unpaired) electrons. The molecule has 0 fully saturated rings. The summed E-state index contributed by atoms with van der Waals surface area (Å²) in [6.07, 6.45) is 0. The van der Waals surface area contributed by atoms with Gasteiger partial charge in [-0.2, -0.15) is 9.97 Å². The van der Waals surface area contributed by atoms with Crippen molar-refractivity contribution in [2.24, 2.45) is 0 Å². The Labute approximate surface area is 323 Å². The van der Waals surface area contributed by atoms with Gasteiger partial charge in [0.05, 0.1) is 22.1 Å². The molecule has 0 atom stereocenters. The van der Waals surface area contributed by atoms with Gasteiger partial charge in [-0.1, -0.05) is 164 Å². The predicted octanol–water partition coefficient (Wildman–Crippen LogP) is 12.7. The maximum Gasteiger partial charge on any atom is 0.238 e. The molecule has 0 unspecified atom stereocenters. The zero-order chi connectivity index (χ0) is 37.0. The molecule has 262 valence electrons. The first-order valence-corrected chi connectivity index (χ1v) is 18.9. The first-order chi connectivity index (χ1) is 27.8. The van der Waals surface area contributed by atoms with Gasteiger partial charge in [-0.15, -0.1) is 0 Å². The molecule has 0 aliphatic heterocycles. The van der Waals surface area contributed by atoms with Crippen LogP contribution in [0.3, 0.4) is 0 Å². The molecular formula is C51H33N5. The van der Waals surface area contributed by atoms with Crippen LogP contribution in [0.25, 0.3) is 100 Å². The highest BCUT2D eigenvalue weighted by Gasteiger charge is 2.23. The number of nitrogens with zero attached hydrogens (tertiary/aromatic N) is 5. The van der Waals surface area contributed by atoms with E-state index < -0.39 is 0 Å². The standard InChI is InChI=1S/C51H33N5/c1-5-15-34(16-6-1)35-25-27-36(28-26-35)39-29-31-45-43(33-39)41-30-32-46-47(42-23-13-14-24-44(42)55(46)40-21-11-4-12-22-40)48(41)56(45)51-53-49(37-17-7-2-8-18-37)52-50(54-51)38-19-9-3-10-20-38/h1-33H. The molecule has 5 heteroatoms. The van der Waals surface area contributed by atoms with Crippen molar-refractivity contribution >= 4 is 43.6 Å². The van der Waals surface area contributed by atoms with E-state index >= 15 is 0 Å². The molecule has 11 rings (SSSR count). The first kappa shape index (κ1) is 31.9. The minimum Gasteiger partial charge on any atom is -0.309 e. The van der Waals surface area contributed by atoms with E-state index in [1.165, 1.54) is 16.5 Å². The summed E-state index contributed by atoms with van der Waals surface area (Å²) in [5.41, 5.74) is 12.0. The molecule has 0 N–H and O–H groups in total. The van der Waals surface area contributed by atoms with E-state index in [2.05, 4.69) is 173 Å². The average molecular weight is 716 g/mol. The SMILES string of the molecule is c1ccc(-c2ccc(-c3ccc4c(c3)c3ccc5c(c6ccccc6n5-c5ccccc5)c3n4-c3nc(-c4ccccc4)nc(-c4ccccc4)n3)cc2)cc1. The molecule has 5 nitrogen and oxygen atoms in total. The van der Waals surface area contributed by atoms with Gasteiger partial charge in [0.25, 0.3) is 0 Å². The molecule has 0 aliphatic rings. The van der Waals surface area contributed by atoms with Crippen LogP contribution in [0.1, 0.15) is 0 Å². The molecule has 3 aromatic heterocycles. The maximum atomic E-state index is 5.28. The van der Waals surface area contributed by atoms with E-state index in [9.17, 15) is 0 Å². The van der Waals surface area contributed by atoms with Crippen LogP contribution >= 0.6 is 0 Å². The Morgan fingerprint density at radius 1 is 0.304 bits per heavy atom. The van der Waals surface area contributed by atoms with Crippen molar-refractivity contribution in [1.82, 2.24) is 24.1 Å². The lowest BCUT2D eigenvalue weighted by Gasteiger charge is -2.12. The molecule has 0 aliphatic carbocycles. The van der Waals surface area contributed by atoms with Gasteiger partial charge in [-0.3, -0.25) is 4.57 Å². The Morgan fingerprint density at radius 3 is 1.43 bits per heavy atom. The summed E-state index contributed by atoms with van der Waals surface area (Å²) >= 11 is 0. The van der Waals surface area contributed by atoms with Crippen molar-refractivity contribution in [3.05, 3.63) is 200 Å². The van der Waals surface area contributed by atoms with E-state index in [0.29, 0.717) is 17.6 Å². The summed E-state index contributed by atoms with van der Waals surface area (Å²) in [4.78, 5) is 15.6. The summed E-state index contributed by atoms with van der Waals surface area (Å²) in [6, 6.07) is 70.4. The summed E-state index contributed by atoms with van der Waals surface area (Å²) < 4.78 is 4.63. The van der Waals surface area contributed by atoms with Crippen LogP contribution in [0.15, 0.2) is 200 Å². The van der Waals surface area contributed by atoms with Crippen LogP contribution in [0, 0.1) is 0 Å². The summed E-state index contributed by atoms with van der Waals surface area (Å²) in [5, 5.41) is 4.58. The van der Waals surface area contributed by atoms with E-state index in [0.717, 1.165) is 66.2 Å². The second kappa shape index (κ2) is 13.0. The molecule has 11 aromatic rings. The highest BCUT2D eigenvalue weighted by atomic mass is 15.2. The monoisotopic (exact) mass is 715 g/mol. The highest BCUT2D eigenvalue weighted by Crippen LogP contribution is 2.43. The minimum absolute atomic E-state index is 0.571. The van der Waals surface area contributed by atoms with E-state index in [1.807, 2.05) is 36.4 Å². The third-order valence-corrected chi connectivity index (χ3v) is 10.8. The molecule has 0 amide bonds. The van der Waals surface area contributed by atoms with Gasteiger partial charge in [-0.05, 0) is 58.7 Å². The largest absolute Gasteiger partial charge is 0.309 e. The minimum atomic E-state index is 0.571. The predicted molar refractivity (Wildman–Crippen MR) is 230 cm³/mol. The molecule has 0 saturated carbocycles. The second-order valence-electron chi connectivity index (χ2n) is 14.1. The molecule has 56 heavy (non-hydrogen) atoms. The van der Waals surface area contributed by atoms with Crippen molar-refractivity contribution in [1.29, 1.82) is 0 Å². The van der Waals surface area contributed by atoms with Crippen molar-refractivity contribution in [3.63, 3.8) is 0 Å². The fourth-order valence-electron chi connectivity index (χ4n) is 8.18. The van der Waals surface area contributed by atoms with Crippen molar-refractivity contribution in [2.45, 2.75) is 0 Å². The van der Waals surface area contributed by atoms with Crippen LogP contribution in [-0.2, 0) is 0 Å². The van der Waals surface area contributed by atoms with Gasteiger partial charge < -0.3 is 4.57 Å². The van der Waals surface area contributed by atoms with Gasteiger partial charge in [0.1, 0.15) is 0 Å². The third kappa shape index (κ3) is 5.21. The molecule has 0 spiro atoms. The van der Waals surface area contributed by atoms with Gasteiger partial charge in [-0.25, -0.2) is 4.98 Å². The Bertz CT molecular complexity index is 3150. The van der Waals surface area contributed by atoms with E-state index in [4.69, 9.17) is 15.0 Å². The number of para-hydroxylation sites is 2. The molecule has 0 bridgehead atoms. The van der Waals surface area contributed by atoms with Gasteiger partial charge >= 0.3 is 0 Å². The van der Waals surface area contributed by atoms with E-state index in [1.54, 1.807) is 0 Å². The molecule has 8 aromatic carbocycles. The van der Waals surface area contributed by atoms with Crippen LogP contribution in [0.2, 0.25) is 0 Å². The second-order valence-corrected chi connectivity index (χ2v) is 14.1. The van der Waals surface area contributed by atoms with Crippen LogP contribution in [0.4, 0.5) is 0 Å². The van der Waals surface area contributed by atoms with Crippen LogP contribution in [-0.4, -0.2) is 24.1 Å². The Kier molecular flexibility index (Phi) is 7.42.